The molecule has 0 bridgehead atoms. The Morgan fingerprint density at radius 3 is 2.89 bits per heavy atom. The highest BCUT2D eigenvalue weighted by molar-refractivity contribution is 5.30. The maximum Gasteiger partial charge on any atom is 0.0378 e. The summed E-state index contributed by atoms with van der Waals surface area (Å²) in [4.78, 5) is 2.50. The fourth-order valence-corrected chi connectivity index (χ4v) is 3.90. The summed E-state index contributed by atoms with van der Waals surface area (Å²) in [5, 5.41) is 0. The third-order valence-corrected chi connectivity index (χ3v) is 5.01. The van der Waals surface area contributed by atoms with E-state index in [1.165, 1.54) is 37.1 Å². The maximum atomic E-state index is 6.35. The van der Waals surface area contributed by atoms with Gasteiger partial charge in [-0.2, -0.15) is 0 Å². The average molecular weight is 261 g/mol. The molecule has 3 heteroatoms. The Labute approximate surface area is 116 Å². The van der Waals surface area contributed by atoms with Gasteiger partial charge in [0.15, 0.2) is 0 Å². The molecule has 1 saturated heterocycles. The third-order valence-electron chi connectivity index (χ3n) is 5.01. The Morgan fingerprint density at radius 2 is 2.21 bits per heavy atom. The lowest BCUT2D eigenvalue weighted by atomic mass is 9.74. The second-order valence-corrected chi connectivity index (χ2v) is 7.30. The molecule has 2 heterocycles. The number of fused-ring (bicyclic) bond motifs is 1. The maximum absolute atomic E-state index is 6.35. The predicted octanol–water partition coefficient (Wildman–Crippen LogP) is 2.55. The molecule has 0 saturated carbocycles. The number of nitrogens with zero attached hydrogens (tertiary/aromatic N) is 2. The van der Waals surface area contributed by atoms with Crippen molar-refractivity contribution in [3.8, 4) is 0 Å². The molecule has 1 aromatic rings. The van der Waals surface area contributed by atoms with Crippen molar-refractivity contribution in [1.29, 1.82) is 0 Å². The molecule has 0 aromatic carbocycles. The normalized spacial score (nSPS) is 30.5. The lowest BCUT2D eigenvalue weighted by Gasteiger charge is -2.35. The Bertz CT molecular complexity index is 461. The lowest BCUT2D eigenvalue weighted by molar-refractivity contribution is 0.257. The highest BCUT2D eigenvalue weighted by Gasteiger charge is 2.33. The molecule has 3 rings (SSSR count). The zero-order valence-electron chi connectivity index (χ0n) is 12.5. The fourth-order valence-electron chi connectivity index (χ4n) is 3.90. The van der Waals surface area contributed by atoms with E-state index in [0.717, 1.165) is 13.0 Å². The van der Waals surface area contributed by atoms with Crippen molar-refractivity contribution in [2.45, 2.75) is 58.2 Å². The van der Waals surface area contributed by atoms with Gasteiger partial charge in [0.1, 0.15) is 0 Å². The van der Waals surface area contributed by atoms with Crippen LogP contribution in [-0.2, 0) is 13.0 Å². The first kappa shape index (κ1) is 13.2. The molecule has 0 spiro atoms. The summed E-state index contributed by atoms with van der Waals surface area (Å²) in [7, 11) is 2.25. The van der Waals surface area contributed by atoms with Gasteiger partial charge in [0.2, 0.25) is 0 Å². The third kappa shape index (κ3) is 2.46. The van der Waals surface area contributed by atoms with E-state index in [9.17, 15) is 0 Å². The standard InChI is InChI=1S/C16H27N3/c1-16(2)9-14(17)13-6-8-19(15(13)10-16)11-12-5-4-7-18(12)3/h6,8,12,14H,4-5,7,9-11,17H2,1-3H3. The van der Waals surface area contributed by atoms with Gasteiger partial charge in [0, 0.05) is 30.5 Å². The first-order valence-electron chi connectivity index (χ1n) is 7.60. The average Bonchev–Trinajstić information content (AvgIpc) is 2.87. The molecule has 3 nitrogen and oxygen atoms in total. The van der Waals surface area contributed by atoms with Gasteiger partial charge in [0.25, 0.3) is 0 Å². The van der Waals surface area contributed by atoms with E-state index < -0.39 is 0 Å². The van der Waals surface area contributed by atoms with Crippen LogP contribution < -0.4 is 5.73 Å². The molecule has 1 aliphatic heterocycles. The molecular formula is C16H27N3. The summed E-state index contributed by atoms with van der Waals surface area (Å²) >= 11 is 0. The molecule has 1 aliphatic carbocycles. The quantitative estimate of drug-likeness (QED) is 0.888. The zero-order valence-corrected chi connectivity index (χ0v) is 12.5. The van der Waals surface area contributed by atoms with E-state index in [0.29, 0.717) is 11.5 Å². The summed E-state index contributed by atoms with van der Waals surface area (Å²) in [6.07, 6.45) is 7.21. The lowest BCUT2D eigenvalue weighted by Crippen LogP contribution is -2.33. The molecule has 1 fully saturated rings. The molecule has 0 amide bonds. The summed E-state index contributed by atoms with van der Waals surface area (Å²) in [5.74, 6) is 0. The molecule has 19 heavy (non-hydrogen) atoms. The second kappa shape index (κ2) is 4.64. The van der Waals surface area contributed by atoms with E-state index in [4.69, 9.17) is 5.73 Å². The second-order valence-electron chi connectivity index (χ2n) is 7.30. The molecule has 1 aromatic heterocycles. The molecule has 2 unspecified atom stereocenters. The Kier molecular flexibility index (Phi) is 3.22. The smallest absolute Gasteiger partial charge is 0.0378 e. The predicted molar refractivity (Wildman–Crippen MR) is 79.1 cm³/mol. The molecule has 2 atom stereocenters. The van der Waals surface area contributed by atoms with E-state index in [2.05, 4.69) is 42.6 Å². The minimum Gasteiger partial charge on any atom is -0.350 e. The van der Waals surface area contributed by atoms with Crippen molar-refractivity contribution in [1.82, 2.24) is 9.47 Å². The summed E-state index contributed by atoms with van der Waals surface area (Å²) < 4.78 is 2.47. The number of likely N-dealkylation sites (N-methyl/N-ethyl adjacent to an activating group) is 1. The first-order valence-corrected chi connectivity index (χ1v) is 7.60. The van der Waals surface area contributed by atoms with E-state index in [1.807, 2.05) is 0 Å². The van der Waals surface area contributed by atoms with Gasteiger partial charge in [-0.3, -0.25) is 0 Å². The van der Waals surface area contributed by atoms with Crippen LogP contribution in [0, 0.1) is 5.41 Å². The topological polar surface area (TPSA) is 34.2 Å². The SMILES string of the molecule is CN1CCCC1Cn1ccc2c1CC(C)(C)CC2N. The number of likely N-dealkylation sites (tertiary alicyclic amines) is 1. The number of rotatable bonds is 2. The molecule has 0 radical (unpaired) electrons. The van der Waals surface area contributed by atoms with Crippen LogP contribution >= 0.6 is 0 Å². The monoisotopic (exact) mass is 261 g/mol. The Morgan fingerprint density at radius 1 is 1.42 bits per heavy atom. The van der Waals surface area contributed by atoms with Crippen molar-refractivity contribution in [3.05, 3.63) is 23.5 Å². The highest BCUT2D eigenvalue weighted by atomic mass is 15.2. The molecule has 2 aliphatic rings. The summed E-state index contributed by atoms with van der Waals surface area (Å²) in [6.45, 7) is 7.07. The van der Waals surface area contributed by atoms with Gasteiger partial charge >= 0.3 is 0 Å². The summed E-state index contributed by atoms with van der Waals surface area (Å²) in [5.41, 5.74) is 9.56. The summed E-state index contributed by atoms with van der Waals surface area (Å²) in [6, 6.07) is 3.18. The van der Waals surface area contributed by atoms with Crippen LogP contribution in [0.1, 0.15) is 50.4 Å². The fraction of sp³-hybridized carbons (Fsp3) is 0.750. The first-order chi connectivity index (χ1) is 8.96. The van der Waals surface area contributed by atoms with Crippen LogP contribution in [0.5, 0.6) is 0 Å². The minimum absolute atomic E-state index is 0.223. The van der Waals surface area contributed by atoms with Gasteiger partial charge < -0.3 is 15.2 Å². The van der Waals surface area contributed by atoms with Crippen molar-refractivity contribution in [2.75, 3.05) is 13.6 Å². The number of hydrogen-bond donors (Lipinski definition) is 1. The Balaban J connectivity index is 1.84. The number of nitrogens with two attached hydrogens (primary N) is 1. The van der Waals surface area contributed by atoms with E-state index in [1.54, 1.807) is 0 Å². The van der Waals surface area contributed by atoms with Gasteiger partial charge in [0.05, 0.1) is 0 Å². The van der Waals surface area contributed by atoms with Crippen molar-refractivity contribution in [3.63, 3.8) is 0 Å². The van der Waals surface area contributed by atoms with Crippen molar-refractivity contribution in [2.24, 2.45) is 11.1 Å². The van der Waals surface area contributed by atoms with Crippen molar-refractivity contribution >= 4 is 0 Å². The van der Waals surface area contributed by atoms with E-state index in [-0.39, 0.29) is 6.04 Å². The molecule has 106 valence electrons. The van der Waals surface area contributed by atoms with Crippen LogP contribution in [0.15, 0.2) is 12.3 Å². The van der Waals surface area contributed by atoms with Crippen LogP contribution in [0.4, 0.5) is 0 Å². The van der Waals surface area contributed by atoms with Gasteiger partial charge in [-0.1, -0.05) is 13.8 Å². The Hall–Kier alpha value is -0.800. The van der Waals surface area contributed by atoms with E-state index >= 15 is 0 Å². The van der Waals surface area contributed by atoms with Crippen LogP contribution in [-0.4, -0.2) is 29.1 Å². The van der Waals surface area contributed by atoms with Crippen molar-refractivity contribution < 1.29 is 0 Å². The van der Waals surface area contributed by atoms with Crippen LogP contribution in [0.25, 0.3) is 0 Å². The van der Waals surface area contributed by atoms with Crippen LogP contribution in [0.2, 0.25) is 0 Å². The number of aromatic nitrogens is 1. The minimum atomic E-state index is 0.223. The highest BCUT2D eigenvalue weighted by Crippen LogP contribution is 2.40. The molecule has 2 N–H and O–H groups in total. The largest absolute Gasteiger partial charge is 0.350 e. The number of hydrogen-bond acceptors (Lipinski definition) is 2. The van der Waals surface area contributed by atoms with Gasteiger partial charge in [-0.15, -0.1) is 0 Å². The van der Waals surface area contributed by atoms with Crippen LogP contribution in [0.3, 0.4) is 0 Å². The van der Waals surface area contributed by atoms with Gasteiger partial charge in [-0.05, 0) is 56.3 Å². The molecular weight excluding hydrogens is 234 g/mol. The van der Waals surface area contributed by atoms with Gasteiger partial charge in [-0.25, -0.2) is 0 Å². The zero-order chi connectivity index (χ0) is 13.6.